The zero-order chi connectivity index (χ0) is 16.6. The van der Waals surface area contributed by atoms with Crippen LogP contribution in [0.2, 0.25) is 0 Å². The Morgan fingerprint density at radius 1 is 0.792 bits per heavy atom. The fraction of sp³-hybridized carbons (Fsp3) is 0.333. The summed E-state index contributed by atoms with van der Waals surface area (Å²) < 4.78 is 12.2. The lowest BCUT2D eigenvalue weighted by Crippen LogP contribution is -2.35. The second-order valence-electron chi connectivity index (χ2n) is 6.16. The van der Waals surface area contributed by atoms with E-state index in [1.807, 2.05) is 48.6 Å². The summed E-state index contributed by atoms with van der Waals surface area (Å²) in [6.45, 7) is 1.26. The summed E-state index contributed by atoms with van der Waals surface area (Å²) in [5.74, 6) is 0.141. The largest absolute Gasteiger partial charge is 0.396 e. The number of hydrogen-bond acceptors (Lipinski definition) is 3. The maximum Gasteiger partial charge on any atom is 0.102 e. The molecule has 3 atom stereocenters. The highest BCUT2D eigenvalue weighted by molar-refractivity contribution is 5.15. The molecule has 1 aliphatic rings. The van der Waals surface area contributed by atoms with Crippen LogP contribution in [-0.2, 0) is 22.7 Å². The van der Waals surface area contributed by atoms with Crippen molar-refractivity contribution >= 4 is 0 Å². The monoisotopic (exact) mass is 324 g/mol. The van der Waals surface area contributed by atoms with E-state index in [4.69, 9.17) is 9.47 Å². The van der Waals surface area contributed by atoms with Crippen LogP contribution in [0.1, 0.15) is 17.5 Å². The van der Waals surface area contributed by atoms with Gasteiger partial charge >= 0.3 is 0 Å². The first-order valence-electron chi connectivity index (χ1n) is 8.45. The number of benzene rings is 2. The van der Waals surface area contributed by atoms with Crippen LogP contribution in [0, 0.1) is 5.92 Å². The topological polar surface area (TPSA) is 38.7 Å². The van der Waals surface area contributed by atoms with E-state index in [1.54, 1.807) is 0 Å². The Balaban J connectivity index is 1.60. The van der Waals surface area contributed by atoms with Gasteiger partial charge in [0.2, 0.25) is 0 Å². The molecule has 0 saturated carbocycles. The van der Waals surface area contributed by atoms with Crippen LogP contribution in [0.25, 0.3) is 0 Å². The lowest BCUT2D eigenvalue weighted by atomic mass is 9.92. The molecule has 0 bridgehead atoms. The average molecular weight is 324 g/mol. The molecule has 0 aromatic heterocycles. The van der Waals surface area contributed by atoms with Gasteiger partial charge in [-0.3, -0.25) is 0 Å². The van der Waals surface area contributed by atoms with E-state index in [0.717, 1.165) is 17.5 Å². The summed E-state index contributed by atoms with van der Waals surface area (Å²) in [5.41, 5.74) is 2.30. The zero-order valence-electron chi connectivity index (χ0n) is 13.8. The van der Waals surface area contributed by atoms with Crippen molar-refractivity contribution in [2.45, 2.75) is 31.8 Å². The molecule has 2 aromatic carbocycles. The molecule has 1 aliphatic carbocycles. The minimum atomic E-state index is -0.0864. The second-order valence-corrected chi connectivity index (χ2v) is 6.16. The maximum absolute atomic E-state index is 9.44. The lowest BCUT2D eigenvalue weighted by molar-refractivity contribution is -0.0786. The van der Waals surface area contributed by atoms with E-state index < -0.39 is 0 Å². The molecule has 0 unspecified atom stereocenters. The molecule has 24 heavy (non-hydrogen) atoms. The van der Waals surface area contributed by atoms with Gasteiger partial charge in [-0.05, 0) is 17.5 Å². The van der Waals surface area contributed by atoms with Crippen LogP contribution in [0.3, 0.4) is 0 Å². The third-order valence-electron chi connectivity index (χ3n) is 4.30. The van der Waals surface area contributed by atoms with E-state index in [2.05, 4.69) is 24.3 Å². The Kier molecular flexibility index (Phi) is 6.19. The molecule has 0 aliphatic heterocycles. The molecule has 0 heterocycles. The quantitative estimate of drug-likeness (QED) is 0.789. The predicted molar refractivity (Wildman–Crippen MR) is 94.4 cm³/mol. The van der Waals surface area contributed by atoms with Crippen molar-refractivity contribution in [3.8, 4) is 0 Å². The summed E-state index contributed by atoms with van der Waals surface area (Å²) in [6.07, 6.45) is 4.72. The maximum atomic E-state index is 9.44. The Morgan fingerprint density at radius 3 is 1.96 bits per heavy atom. The van der Waals surface area contributed by atoms with Crippen LogP contribution < -0.4 is 0 Å². The fourth-order valence-corrected chi connectivity index (χ4v) is 2.91. The SMILES string of the molecule is OC[C@@H]1C=C[C@@H](OCc2ccccc2)[C@@H](OCc2ccccc2)C1. The highest BCUT2D eigenvalue weighted by atomic mass is 16.5. The van der Waals surface area contributed by atoms with Gasteiger partial charge in [-0.15, -0.1) is 0 Å². The number of ether oxygens (including phenoxy) is 2. The molecule has 2 aromatic rings. The van der Waals surface area contributed by atoms with Gasteiger partial charge < -0.3 is 14.6 Å². The molecule has 0 spiro atoms. The smallest absolute Gasteiger partial charge is 0.102 e. The molecule has 0 fully saturated rings. The summed E-state index contributed by atoms with van der Waals surface area (Å²) in [7, 11) is 0. The molecule has 126 valence electrons. The molecule has 3 heteroatoms. The number of aliphatic hydroxyl groups excluding tert-OH is 1. The molecular weight excluding hydrogens is 300 g/mol. The fourth-order valence-electron chi connectivity index (χ4n) is 2.91. The summed E-state index contributed by atoms with van der Waals surface area (Å²) in [6, 6.07) is 20.3. The van der Waals surface area contributed by atoms with E-state index >= 15 is 0 Å². The van der Waals surface area contributed by atoms with Crippen molar-refractivity contribution in [1.82, 2.24) is 0 Å². The van der Waals surface area contributed by atoms with Gasteiger partial charge in [-0.25, -0.2) is 0 Å². The van der Waals surface area contributed by atoms with Crippen LogP contribution in [0.5, 0.6) is 0 Å². The minimum absolute atomic E-state index is 0.0453. The van der Waals surface area contributed by atoms with Crippen LogP contribution in [-0.4, -0.2) is 23.9 Å². The van der Waals surface area contributed by atoms with Gasteiger partial charge in [0, 0.05) is 12.5 Å². The zero-order valence-corrected chi connectivity index (χ0v) is 13.8. The molecule has 0 amide bonds. The standard InChI is InChI=1S/C21H24O3/c22-14-19-11-12-20(23-15-17-7-3-1-4-8-17)21(13-19)24-16-18-9-5-2-6-10-18/h1-12,19-22H,13-16H2/t19-,20-,21+/m1/s1. The molecule has 1 N–H and O–H groups in total. The third kappa shape index (κ3) is 4.78. The number of hydrogen-bond donors (Lipinski definition) is 1. The van der Waals surface area contributed by atoms with Crippen LogP contribution >= 0.6 is 0 Å². The van der Waals surface area contributed by atoms with Crippen LogP contribution in [0.4, 0.5) is 0 Å². The summed E-state index contributed by atoms with van der Waals surface area (Å²) >= 11 is 0. The first-order valence-corrected chi connectivity index (χ1v) is 8.45. The Labute approximate surface area is 143 Å². The Morgan fingerprint density at radius 2 is 1.38 bits per heavy atom. The molecule has 0 saturated heterocycles. The Hall–Kier alpha value is -1.94. The van der Waals surface area contributed by atoms with Crippen molar-refractivity contribution in [3.05, 3.63) is 83.9 Å². The molecular formula is C21H24O3. The van der Waals surface area contributed by atoms with E-state index in [1.165, 1.54) is 0 Å². The summed E-state index contributed by atoms with van der Waals surface area (Å²) in [4.78, 5) is 0. The molecule has 0 radical (unpaired) electrons. The first kappa shape index (κ1) is 16.9. The van der Waals surface area contributed by atoms with Crippen molar-refractivity contribution in [2.75, 3.05) is 6.61 Å². The first-order chi connectivity index (χ1) is 11.8. The normalized spacial score (nSPS) is 23.3. The van der Waals surface area contributed by atoms with Gasteiger partial charge in [0.15, 0.2) is 0 Å². The van der Waals surface area contributed by atoms with E-state index in [9.17, 15) is 5.11 Å². The lowest BCUT2D eigenvalue weighted by Gasteiger charge is -2.31. The van der Waals surface area contributed by atoms with Crippen molar-refractivity contribution in [1.29, 1.82) is 0 Å². The minimum Gasteiger partial charge on any atom is -0.396 e. The highest BCUT2D eigenvalue weighted by Gasteiger charge is 2.27. The predicted octanol–water partition coefficient (Wildman–Crippen LogP) is 3.73. The highest BCUT2D eigenvalue weighted by Crippen LogP contribution is 2.24. The van der Waals surface area contributed by atoms with E-state index in [0.29, 0.717) is 13.2 Å². The van der Waals surface area contributed by atoms with Gasteiger partial charge in [-0.1, -0.05) is 72.8 Å². The Bertz CT molecular complexity index is 624. The van der Waals surface area contributed by atoms with Crippen molar-refractivity contribution in [2.24, 2.45) is 5.92 Å². The second kappa shape index (κ2) is 8.78. The summed E-state index contributed by atoms with van der Waals surface area (Å²) in [5, 5.41) is 9.44. The molecule has 3 rings (SSSR count). The van der Waals surface area contributed by atoms with Gasteiger partial charge in [-0.2, -0.15) is 0 Å². The average Bonchev–Trinajstić information content (AvgIpc) is 2.66. The van der Waals surface area contributed by atoms with Gasteiger partial charge in [0.1, 0.15) is 6.10 Å². The number of aliphatic hydroxyl groups is 1. The van der Waals surface area contributed by atoms with Crippen molar-refractivity contribution in [3.63, 3.8) is 0 Å². The third-order valence-corrected chi connectivity index (χ3v) is 4.30. The number of rotatable bonds is 7. The van der Waals surface area contributed by atoms with Gasteiger partial charge in [0.05, 0.1) is 19.3 Å². The van der Waals surface area contributed by atoms with Gasteiger partial charge in [0.25, 0.3) is 0 Å². The van der Waals surface area contributed by atoms with Crippen LogP contribution in [0.15, 0.2) is 72.8 Å². The van der Waals surface area contributed by atoms with Crippen molar-refractivity contribution < 1.29 is 14.6 Å². The molecule has 3 nitrogen and oxygen atoms in total. The van der Waals surface area contributed by atoms with E-state index in [-0.39, 0.29) is 24.7 Å².